The van der Waals surface area contributed by atoms with Crippen molar-refractivity contribution in [2.75, 3.05) is 0 Å². The second kappa shape index (κ2) is 1.91. The summed E-state index contributed by atoms with van der Waals surface area (Å²) in [4.78, 5) is 0. The SMILES string of the molecule is Cc1ccc(C2=C[CH-]2)cc1. The van der Waals surface area contributed by atoms with Crippen molar-refractivity contribution in [3.05, 3.63) is 47.9 Å². The molecule has 1 aromatic rings. The van der Waals surface area contributed by atoms with Gasteiger partial charge in [0.2, 0.25) is 0 Å². The summed E-state index contributed by atoms with van der Waals surface area (Å²) in [6.45, 7) is 2.11. The largest absolute Gasteiger partial charge is 0.227 e. The van der Waals surface area contributed by atoms with E-state index in [1.807, 2.05) is 0 Å². The van der Waals surface area contributed by atoms with Gasteiger partial charge in [-0.25, -0.2) is 18.1 Å². The van der Waals surface area contributed by atoms with E-state index >= 15 is 0 Å². The number of hydrogen-bond acceptors (Lipinski definition) is 0. The van der Waals surface area contributed by atoms with Crippen LogP contribution in [0.1, 0.15) is 11.1 Å². The van der Waals surface area contributed by atoms with Crippen molar-refractivity contribution in [3.8, 4) is 0 Å². The molecule has 10 heavy (non-hydrogen) atoms. The molecule has 0 radical (unpaired) electrons. The Morgan fingerprint density at radius 2 is 1.70 bits per heavy atom. The Kier molecular flexibility index (Phi) is 1.07. The first kappa shape index (κ1) is 5.60. The Labute approximate surface area is 61.2 Å². The Balaban J connectivity index is 2.37. The molecule has 0 aliphatic heterocycles. The van der Waals surface area contributed by atoms with Gasteiger partial charge in [0, 0.05) is 0 Å². The molecule has 0 fully saturated rings. The van der Waals surface area contributed by atoms with Gasteiger partial charge in [-0.1, -0.05) is 17.7 Å². The van der Waals surface area contributed by atoms with Crippen LogP contribution in [-0.4, -0.2) is 0 Å². The molecule has 1 aliphatic rings. The second-order valence-corrected chi connectivity index (χ2v) is 2.65. The van der Waals surface area contributed by atoms with Crippen molar-refractivity contribution in [1.82, 2.24) is 0 Å². The molecule has 0 heterocycles. The van der Waals surface area contributed by atoms with Gasteiger partial charge in [0.25, 0.3) is 0 Å². The van der Waals surface area contributed by atoms with Crippen LogP contribution in [0.4, 0.5) is 0 Å². The molecular weight excluding hydrogens is 120 g/mol. The molecule has 0 saturated carbocycles. The lowest BCUT2D eigenvalue weighted by Gasteiger charge is -2.02. The predicted molar refractivity (Wildman–Crippen MR) is 43.5 cm³/mol. The zero-order chi connectivity index (χ0) is 6.97. The van der Waals surface area contributed by atoms with E-state index in [-0.39, 0.29) is 0 Å². The van der Waals surface area contributed by atoms with Crippen LogP contribution < -0.4 is 0 Å². The first-order valence-electron chi connectivity index (χ1n) is 3.48. The molecule has 50 valence electrons. The molecule has 1 aliphatic carbocycles. The van der Waals surface area contributed by atoms with Crippen LogP contribution in [0.5, 0.6) is 0 Å². The fourth-order valence-corrected chi connectivity index (χ4v) is 0.980. The maximum atomic E-state index is 2.16. The van der Waals surface area contributed by atoms with Gasteiger partial charge in [0.1, 0.15) is 0 Å². The average molecular weight is 129 g/mol. The van der Waals surface area contributed by atoms with E-state index in [4.69, 9.17) is 0 Å². The molecule has 0 unspecified atom stereocenters. The summed E-state index contributed by atoms with van der Waals surface area (Å²) in [5.74, 6) is 0. The Morgan fingerprint density at radius 3 is 2.20 bits per heavy atom. The van der Waals surface area contributed by atoms with Gasteiger partial charge in [-0.15, -0.1) is 17.7 Å². The normalized spacial score (nSPS) is 13.9. The molecule has 0 atom stereocenters. The van der Waals surface area contributed by atoms with Crippen LogP contribution in [0.3, 0.4) is 0 Å². The fourth-order valence-electron chi connectivity index (χ4n) is 0.980. The molecule has 0 nitrogen and oxygen atoms in total. The number of allylic oxidation sites excluding steroid dienone is 2. The van der Waals surface area contributed by atoms with Crippen molar-refractivity contribution >= 4 is 5.57 Å². The van der Waals surface area contributed by atoms with Crippen molar-refractivity contribution in [1.29, 1.82) is 0 Å². The molecule has 0 spiro atoms. The maximum absolute atomic E-state index is 2.16. The maximum Gasteiger partial charge on any atom is -0.0398 e. The van der Waals surface area contributed by atoms with E-state index in [9.17, 15) is 0 Å². The van der Waals surface area contributed by atoms with Crippen LogP contribution in [0.2, 0.25) is 0 Å². The van der Waals surface area contributed by atoms with Crippen LogP contribution >= 0.6 is 0 Å². The van der Waals surface area contributed by atoms with Crippen molar-refractivity contribution < 1.29 is 0 Å². The van der Waals surface area contributed by atoms with Gasteiger partial charge in [-0.2, -0.15) is 0 Å². The van der Waals surface area contributed by atoms with Gasteiger partial charge in [0.15, 0.2) is 0 Å². The molecule has 0 bridgehead atoms. The first-order chi connectivity index (χ1) is 4.86. The molecule has 0 heteroatoms. The number of benzene rings is 1. The lowest BCUT2D eigenvalue weighted by Crippen LogP contribution is -1.73. The van der Waals surface area contributed by atoms with Crippen LogP contribution in [0, 0.1) is 13.3 Å². The second-order valence-electron chi connectivity index (χ2n) is 2.65. The third kappa shape index (κ3) is 0.926. The minimum absolute atomic E-state index is 1.32. The average Bonchev–Trinajstić information content (AvgIpc) is 2.71. The van der Waals surface area contributed by atoms with Gasteiger partial charge in [0.05, 0.1) is 0 Å². The summed E-state index contributed by atoms with van der Waals surface area (Å²) < 4.78 is 0. The zero-order valence-electron chi connectivity index (χ0n) is 5.96. The minimum atomic E-state index is 1.32. The smallest absolute Gasteiger partial charge is 0.0398 e. The zero-order valence-corrected chi connectivity index (χ0v) is 5.96. The van der Waals surface area contributed by atoms with Crippen LogP contribution in [-0.2, 0) is 0 Å². The van der Waals surface area contributed by atoms with Gasteiger partial charge in [-0.05, 0) is 6.92 Å². The third-order valence-corrected chi connectivity index (χ3v) is 1.72. The van der Waals surface area contributed by atoms with Gasteiger partial charge >= 0.3 is 0 Å². The van der Waals surface area contributed by atoms with Gasteiger partial charge < -0.3 is 0 Å². The van der Waals surface area contributed by atoms with E-state index in [0.29, 0.717) is 0 Å². The molecule has 0 aromatic heterocycles. The highest BCUT2D eigenvalue weighted by Crippen LogP contribution is 2.29. The van der Waals surface area contributed by atoms with Crippen LogP contribution in [0.25, 0.3) is 5.57 Å². The standard InChI is InChI=1S/C10H9/c1-8-2-4-9(5-3-8)10-6-7-10/h2-7H,1H3/q-1. The summed E-state index contributed by atoms with van der Waals surface area (Å²) >= 11 is 0. The molecule has 0 N–H and O–H groups in total. The highest BCUT2D eigenvalue weighted by atomic mass is 14.1. The van der Waals surface area contributed by atoms with E-state index in [1.165, 1.54) is 16.7 Å². The third-order valence-electron chi connectivity index (χ3n) is 1.72. The van der Waals surface area contributed by atoms with E-state index in [2.05, 4.69) is 43.7 Å². The summed E-state index contributed by atoms with van der Waals surface area (Å²) in [5, 5.41) is 0. The quantitative estimate of drug-likeness (QED) is 0.511. The summed E-state index contributed by atoms with van der Waals surface area (Å²) in [7, 11) is 0. The van der Waals surface area contributed by atoms with Crippen LogP contribution in [0.15, 0.2) is 30.3 Å². The lowest BCUT2D eigenvalue weighted by molar-refractivity contribution is 1.46. The topological polar surface area (TPSA) is 0 Å². The molecule has 2 rings (SSSR count). The summed E-state index contributed by atoms with van der Waals surface area (Å²) in [6.07, 6.45) is 4.26. The number of hydrogen-bond donors (Lipinski definition) is 0. The first-order valence-corrected chi connectivity index (χ1v) is 3.48. The predicted octanol–water partition coefficient (Wildman–Crippen LogP) is 2.60. The molecule has 1 aromatic carbocycles. The van der Waals surface area contributed by atoms with E-state index < -0.39 is 0 Å². The van der Waals surface area contributed by atoms with E-state index in [1.54, 1.807) is 0 Å². The number of aryl methyl sites for hydroxylation is 1. The summed E-state index contributed by atoms with van der Waals surface area (Å²) in [5.41, 5.74) is 4.04. The van der Waals surface area contributed by atoms with Crippen molar-refractivity contribution in [2.45, 2.75) is 6.92 Å². The Hall–Kier alpha value is -1.17. The van der Waals surface area contributed by atoms with Gasteiger partial charge in [-0.3, -0.25) is 0 Å². The lowest BCUT2D eigenvalue weighted by atomic mass is 10.1. The number of rotatable bonds is 1. The highest BCUT2D eigenvalue weighted by Gasteiger charge is 1.93. The molecule has 0 amide bonds. The molecule has 0 saturated heterocycles. The molecular formula is C10H9-. The highest BCUT2D eigenvalue weighted by molar-refractivity contribution is 5.87. The fraction of sp³-hybridized carbons (Fsp3) is 0.100. The minimum Gasteiger partial charge on any atom is -0.227 e. The summed E-state index contributed by atoms with van der Waals surface area (Å²) in [6, 6.07) is 8.60. The monoisotopic (exact) mass is 129 g/mol. The van der Waals surface area contributed by atoms with Crippen molar-refractivity contribution in [2.24, 2.45) is 0 Å². The Bertz CT molecular complexity index is 265. The Morgan fingerprint density at radius 1 is 1.10 bits per heavy atom. The van der Waals surface area contributed by atoms with E-state index in [0.717, 1.165) is 0 Å². The van der Waals surface area contributed by atoms with Crippen molar-refractivity contribution in [3.63, 3.8) is 0 Å².